The fourth-order valence-corrected chi connectivity index (χ4v) is 5.30. The second-order valence-corrected chi connectivity index (χ2v) is 9.84. The molecular weight excluding hydrogens is 454 g/mol. The molecule has 176 valence electrons. The Hall–Kier alpha value is -3.83. The van der Waals surface area contributed by atoms with Crippen molar-refractivity contribution < 1.29 is 14.3 Å². The standard InChI is InChI=1S/C23H23N7O3S.H2/c24-21-20(23-28-27-22(33-23)18-9-5-2-6-10-18)26-19(15-25-21)29-11-13-30(14-12-29)34(31,32)16-17-7-3-1-4-8-17;/h1-10,15H,11-14,16H2,(H2,24,25);1H. The Bertz CT molecular complexity index is 1380. The summed E-state index contributed by atoms with van der Waals surface area (Å²) in [5.74, 6) is 1.27. The van der Waals surface area contributed by atoms with E-state index in [4.69, 9.17) is 10.2 Å². The summed E-state index contributed by atoms with van der Waals surface area (Å²) in [4.78, 5) is 10.8. The lowest BCUT2D eigenvalue weighted by Crippen LogP contribution is -2.49. The van der Waals surface area contributed by atoms with Gasteiger partial charge in [-0.2, -0.15) is 4.31 Å². The van der Waals surface area contributed by atoms with Crippen molar-refractivity contribution in [2.75, 3.05) is 36.8 Å². The predicted octanol–water partition coefficient (Wildman–Crippen LogP) is 2.67. The Kier molecular flexibility index (Phi) is 5.95. The van der Waals surface area contributed by atoms with Gasteiger partial charge in [-0.05, 0) is 17.7 Å². The van der Waals surface area contributed by atoms with Gasteiger partial charge in [-0.1, -0.05) is 48.5 Å². The van der Waals surface area contributed by atoms with Crippen LogP contribution < -0.4 is 10.6 Å². The minimum atomic E-state index is -3.41. The van der Waals surface area contributed by atoms with E-state index in [-0.39, 0.29) is 18.9 Å². The van der Waals surface area contributed by atoms with Crippen LogP contribution in [-0.4, -0.2) is 59.1 Å². The van der Waals surface area contributed by atoms with Crippen molar-refractivity contribution in [2.24, 2.45) is 0 Å². The molecule has 0 unspecified atom stereocenters. The Morgan fingerprint density at radius 2 is 1.56 bits per heavy atom. The maximum absolute atomic E-state index is 12.8. The second-order valence-electron chi connectivity index (χ2n) is 7.87. The van der Waals surface area contributed by atoms with Gasteiger partial charge in [0.2, 0.25) is 15.9 Å². The molecular formula is C23H25N7O3S. The lowest BCUT2D eigenvalue weighted by Gasteiger charge is -2.34. The summed E-state index contributed by atoms with van der Waals surface area (Å²) in [6.45, 7) is 1.67. The lowest BCUT2D eigenvalue weighted by atomic mass is 10.2. The molecule has 1 aliphatic heterocycles. The predicted molar refractivity (Wildman–Crippen MR) is 130 cm³/mol. The van der Waals surface area contributed by atoms with Gasteiger partial charge in [0.25, 0.3) is 5.89 Å². The number of nitrogen functional groups attached to an aromatic ring is 1. The van der Waals surface area contributed by atoms with E-state index in [0.29, 0.717) is 43.6 Å². The first-order valence-corrected chi connectivity index (χ1v) is 12.4. The van der Waals surface area contributed by atoms with Crippen molar-refractivity contribution in [2.45, 2.75) is 5.75 Å². The molecule has 5 rings (SSSR count). The van der Waals surface area contributed by atoms with E-state index in [1.165, 1.54) is 4.31 Å². The number of aromatic nitrogens is 4. The first kappa shape index (κ1) is 22.0. The molecule has 10 nitrogen and oxygen atoms in total. The van der Waals surface area contributed by atoms with E-state index in [1.807, 2.05) is 65.6 Å². The van der Waals surface area contributed by atoms with Crippen LogP contribution in [0, 0.1) is 0 Å². The van der Waals surface area contributed by atoms with Crippen molar-refractivity contribution in [3.05, 3.63) is 72.4 Å². The van der Waals surface area contributed by atoms with Gasteiger partial charge < -0.3 is 15.1 Å². The lowest BCUT2D eigenvalue weighted by molar-refractivity contribution is 0.383. The maximum atomic E-state index is 12.8. The monoisotopic (exact) mass is 479 g/mol. The van der Waals surface area contributed by atoms with Gasteiger partial charge in [0, 0.05) is 33.2 Å². The third-order valence-electron chi connectivity index (χ3n) is 5.58. The first-order chi connectivity index (χ1) is 16.5. The maximum Gasteiger partial charge on any atom is 0.270 e. The molecule has 0 spiro atoms. The molecule has 34 heavy (non-hydrogen) atoms. The highest BCUT2D eigenvalue weighted by Gasteiger charge is 2.28. The Balaban J connectivity index is 0.00000289. The van der Waals surface area contributed by atoms with Gasteiger partial charge in [-0.3, -0.25) is 0 Å². The van der Waals surface area contributed by atoms with Crippen molar-refractivity contribution in [3.8, 4) is 23.0 Å². The van der Waals surface area contributed by atoms with Crippen LogP contribution in [0.2, 0.25) is 0 Å². The average Bonchev–Trinajstić information content (AvgIpc) is 3.36. The van der Waals surface area contributed by atoms with Crippen LogP contribution in [-0.2, 0) is 15.8 Å². The van der Waals surface area contributed by atoms with E-state index in [9.17, 15) is 8.42 Å². The van der Waals surface area contributed by atoms with Gasteiger partial charge >= 0.3 is 0 Å². The van der Waals surface area contributed by atoms with Gasteiger partial charge in [0.1, 0.15) is 5.82 Å². The quantitative estimate of drug-likeness (QED) is 0.443. The zero-order chi connectivity index (χ0) is 23.5. The van der Waals surface area contributed by atoms with Crippen molar-refractivity contribution in [1.29, 1.82) is 0 Å². The van der Waals surface area contributed by atoms with Crippen LogP contribution in [0.15, 0.2) is 71.3 Å². The summed E-state index contributed by atoms with van der Waals surface area (Å²) in [7, 11) is -3.41. The molecule has 1 saturated heterocycles. The molecule has 0 aliphatic carbocycles. The van der Waals surface area contributed by atoms with Gasteiger partial charge in [-0.25, -0.2) is 18.4 Å². The summed E-state index contributed by atoms with van der Waals surface area (Å²) >= 11 is 0. The van der Waals surface area contributed by atoms with Crippen LogP contribution in [0.4, 0.5) is 11.6 Å². The number of nitrogens with zero attached hydrogens (tertiary/aromatic N) is 6. The number of nitrogens with two attached hydrogens (primary N) is 1. The summed E-state index contributed by atoms with van der Waals surface area (Å²) in [5, 5.41) is 8.18. The van der Waals surface area contributed by atoms with Crippen LogP contribution in [0.3, 0.4) is 0 Å². The highest BCUT2D eigenvalue weighted by molar-refractivity contribution is 7.88. The molecule has 0 saturated carbocycles. The summed E-state index contributed by atoms with van der Waals surface area (Å²) in [5.41, 5.74) is 7.90. The van der Waals surface area contributed by atoms with E-state index in [1.54, 1.807) is 6.20 Å². The number of hydrogen-bond acceptors (Lipinski definition) is 9. The number of benzene rings is 2. The molecule has 4 aromatic rings. The molecule has 2 aromatic heterocycles. The number of piperazine rings is 1. The molecule has 0 atom stereocenters. The zero-order valence-corrected chi connectivity index (χ0v) is 19.1. The molecule has 0 amide bonds. The largest absolute Gasteiger partial charge is 0.414 e. The molecule has 1 aliphatic rings. The van der Waals surface area contributed by atoms with Gasteiger partial charge in [-0.15, -0.1) is 10.2 Å². The molecule has 1 fully saturated rings. The van der Waals surface area contributed by atoms with Gasteiger partial charge in [0.15, 0.2) is 11.5 Å². The Morgan fingerprint density at radius 1 is 0.912 bits per heavy atom. The van der Waals surface area contributed by atoms with Crippen LogP contribution >= 0.6 is 0 Å². The number of sulfonamides is 1. The first-order valence-electron chi connectivity index (χ1n) is 10.8. The van der Waals surface area contributed by atoms with E-state index < -0.39 is 10.0 Å². The average molecular weight is 480 g/mol. The Morgan fingerprint density at radius 3 is 2.26 bits per heavy atom. The summed E-state index contributed by atoms with van der Waals surface area (Å²) < 4.78 is 33.0. The summed E-state index contributed by atoms with van der Waals surface area (Å²) in [6.07, 6.45) is 1.57. The molecule has 2 N–H and O–H groups in total. The van der Waals surface area contributed by atoms with E-state index in [0.717, 1.165) is 11.1 Å². The molecule has 0 bridgehead atoms. The van der Waals surface area contributed by atoms with E-state index in [2.05, 4.69) is 20.2 Å². The zero-order valence-electron chi connectivity index (χ0n) is 18.3. The summed E-state index contributed by atoms with van der Waals surface area (Å²) in [6, 6.07) is 18.6. The molecule has 0 radical (unpaired) electrons. The third-order valence-corrected chi connectivity index (χ3v) is 7.43. The normalized spacial score (nSPS) is 14.9. The number of hydrogen-bond donors (Lipinski definition) is 1. The second kappa shape index (κ2) is 9.20. The van der Waals surface area contributed by atoms with Crippen LogP contribution in [0.25, 0.3) is 23.0 Å². The highest BCUT2D eigenvalue weighted by Crippen LogP contribution is 2.27. The topological polar surface area (TPSA) is 131 Å². The van der Waals surface area contributed by atoms with E-state index >= 15 is 0 Å². The third kappa shape index (κ3) is 4.61. The van der Waals surface area contributed by atoms with Crippen LogP contribution in [0.5, 0.6) is 0 Å². The molecule has 3 heterocycles. The fourth-order valence-electron chi connectivity index (χ4n) is 3.79. The SMILES string of the molecule is Nc1ncc(N2CCN(S(=O)(=O)Cc3ccccc3)CC2)nc1-c1nnc(-c2ccccc2)o1.[HH]. The molecule has 11 heteroatoms. The van der Waals surface area contributed by atoms with Crippen LogP contribution in [0.1, 0.15) is 6.99 Å². The highest BCUT2D eigenvalue weighted by atomic mass is 32.2. The molecule has 2 aromatic carbocycles. The van der Waals surface area contributed by atoms with Crippen molar-refractivity contribution in [1.82, 2.24) is 24.5 Å². The fraction of sp³-hybridized carbons (Fsp3) is 0.217. The number of anilines is 2. The minimum Gasteiger partial charge on any atom is -0.414 e. The Labute approximate surface area is 198 Å². The van der Waals surface area contributed by atoms with Crippen molar-refractivity contribution >= 4 is 21.7 Å². The smallest absolute Gasteiger partial charge is 0.270 e. The minimum absolute atomic E-state index is 0. The number of rotatable bonds is 6. The van der Waals surface area contributed by atoms with Gasteiger partial charge in [0.05, 0.1) is 11.9 Å². The van der Waals surface area contributed by atoms with Crippen molar-refractivity contribution in [3.63, 3.8) is 0 Å².